The predicted octanol–water partition coefficient (Wildman–Crippen LogP) is 3.69. The van der Waals surface area contributed by atoms with E-state index in [1.54, 1.807) is 0 Å². The van der Waals surface area contributed by atoms with Gasteiger partial charge in [-0.25, -0.2) is 4.98 Å². The number of aromatic nitrogens is 1. The first kappa shape index (κ1) is 11.6. The van der Waals surface area contributed by atoms with E-state index in [2.05, 4.69) is 20.9 Å². The Bertz CT molecular complexity index is 510. The summed E-state index contributed by atoms with van der Waals surface area (Å²) in [7, 11) is 0. The number of pyridine rings is 1. The molecule has 0 aliphatic rings. The van der Waals surface area contributed by atoms with Gasteiger partial charge in [-0.15, -0.1) is 0 Å². The molecule has 0 radical (unpaired) electrons. The molecule has 16 heavy (non-hydrogen) atoms. The summed E-state index contributed by atoms with van der Waals surface area (Å²) in [6.45, 7) is 3.96. The number of aliphatic hydroxyl groups is 1. The van der Waals surface area contributed by atoms with Gasteiger partial charge in [0.25, 0.3) is 0 Å². The summed E-state index contributed by atoms with van der Waals surface area (Å²) in [6.07, 6.45) is -0.529. The van der Waals surface area contributed by atoms with Crippen molar-refractivity contribution in [2.24, 2.45) is 5.92 Å². The molecule has 0 fully saturated rings. The first-order valence-corrected chi connectivity index (χ1v) is 6.12. The Balaban J connectivity index is 2.58. The molecular weight excluding hydrogens is 266 g/mol. The summed E-state index contributed by atoms with van der Waals surface area (Å²) in [4.78, 5) is 4.50. The Morgan fingerprint density at radius 3 is 2.62 bits per heavy atom. The molecular formula is C13H14BrNO. The predicted molar refractivity (Wildman–Crippen MR) is 69.2 cm³/mol. The largest absolute Gasteiger partial charge is 0.386 e. The number of nitrogens with zero attached hydrogens (tertiary/aromatic N) is 1. The average Bonchev–Trinajstić information content (AvgIpc) is 2.27. The highest BCUT2D eigenvalue weighted by molar-refractivity contribution is 9.10. The minimum atomic E-state index is -0.529. The highest BCUT2D eigenvalue weighted by Gasteiger charge is 2.17. The fourth-order valence-corrected chi connectivity index (χ4v) is 2.20. The fraction of sp³-hybridized carbons (Fsp3) is 0.308. The minimum Gasteiger partial charge on any atom is -0.386 e. The fourth-order valence-electron chi connectivity index (χ4n) is 1.63. The van der Waals surface area contributed by atoms with E-state index in [-0.39, 0.29) is 5.92 Å². The van der Waals surface area contributed by atoms with Crippen molar-refractivity contribution in [1.29, 1.82) is 0 Å². The quantitative estimate of drug-likeness (QED) is 0.910. The first-order valence-electron chi connectivity index (χ1n) is 5.33. The maximum Gasteiger partial charge on any atom is 0.0994 e. The van der Waals surface area contributed by atoms with Gasteiger partial charge in [-0.1, -0.05) is 32.0 Å². The molecule has 1 aromatic heterocycles. The molecule has 1 atom stereocenters. The lowest BCUT2D eigenvalue weighted by molar-refractivity contribution is 0.122. The molecule has 2 nitrogen and oxygen atoms in total. The van der Waals surface area contributed by atoms with E-state index in [1.165, 1.54) is 0 Å². The van der Waals surface area contributed by atoms with Gasteiger partial charge < -0.3 is 5.11 Å². The van der Waals surface area contributed by atoms with E-state index in [0.717, 1.165) is 15.4 Å². The zero-order valence-electron chi connectivity index (χ0n) is 9.31. The third-order valence-corrected chi connectivity index (χ3v) is 3.25. The number of fused-ring (bicyclic) bond motifs is 1. The van der Waals surface area contributed by atoms with E-state index in [0.29, 0.717) is 5.69 Å². The molecule has 1 heterocycles. The van der Waals surface area contributed by atoms with Crippen molar-refractivity contribution in [2.75, 3.05) is 0 Å². The number of aliphatic hydroxyl groups excluding tert-OH is 1. The third kappa shape index (κ3) is 2.11. The van der Waals surface area contributed by atoms with Crippen molar-refractivity contribution in [3.63, 3.8) is 0 Å². The topological polar surface area (TPSA) is 33.1 Å². The van der Waals surface area contributed by atoms with Crippen LogP contribution in [-0.4, -0.2) is 10.1 Å². The van der Waals surface area contributed by atoms with E-state index >= 15 is 0 Å². The lowest BCUT2D eigenvalue weighted by Gasteiger charge is -2.16. The van der Waals surface area contributed by atoms with Gasteiger partial charge in [-0.05, 0) is 34.0 Å². The van der Waals surface area contributed by atoms with Crippen LogP contribution in [0.25, 0.3) is 10.9 Å². The number of rotatable bonds is 2. The van der Waals surface area contributed by atoms with Crippen LogP contribution in [0.15, 0.2) is 34.8 Å². The molecule has 0 amide bonds. The van der Waals surface area contributed by atoms with Crippen LogP contribution in [0.3, 0.4) is 0 Å². The standard InChI is InChI=1S/C13H14BrNO/c1-8(2)13(16)12-10(14)7-9-5-3-4-6-11(9)15-12/h3-8,13,16H,1-2H3. The second-order valence-electron chi connectivity index (χ2n) is 4.24. The Hall–Kier alpha value is -0.930. The lowest BCUT2D eigenvalue weighted by Crippen LogP contribution is -2.08. The van der Waals surface area contributed by atoms with E-state index in [4.69, 9.17) is 0 Å². The molecule has 2 rings (SSSR count). The molecule has 0 aliphatic carbocycles. The monoisotopic (exact) mass is 279 g/mol. The molecule has 0 saturated heterocycles. The van der Waals surface area contributed by atoms with Crippen molar-refractivity contribution in [3.05, 3.63) is 40.5 Å². The second kappa shape index (κ2) is 4.52. The zero-order chi connectivity index (χ0) is 11.7. The highest BCUT2D eigenvalue weighted by Crippen LogP contribution is 2.29. The molecule has 1 unspecified atom stereocenters. The van der Waals surface area contributed by atoms with Crippen molar-refractivity contribution >= 4 is 26.8 Å². The summed E-state index contributed by atoms with van der Waals surface area (Å²) in [5.41, 5.74) is 1.63. The van der Waals surface area contributed by atoms with Crippen molar-refractivity contribution in [2.45, 2.75) is 20.0 Å². The van der Waals surface area contributed by atoms with Crippen LogP contribution < -0.4 is 0 Å². The minimum absolute atomic E-state index is 0.157. The van der Waals surface area contributed by atoms with Crippen LogP contribution in [0.1, 0.15) is 25.6 Å². The Kier molecular flexibility index (Phi) is 3.26. The summed E-state index contributed by atoms with van der Waals surface area (Å²) in [6, 6.07) is 9.91. The summed E-state index contributed by atoms with van der Waals surface area (Å²) >= 11 is 3.46. The van der Waals surface area contributed by atoms with E-state index < -0.39 is 6.10 Å². The normalized spacial score (nSPS) is 13.3. The van der Waals surface area contributed by atoms with E-state index in [1.807, 2.05) is 44.2 Å². The molecule has 0 aliphatic heterocycles. The maximum absolute atomic E-state index is 10.0. The second-order valence-corrected chi connectivity index (χ2v) is 5.09. The number of benzene rings is 1. The molecule has 0 saturated carbocycles. The van der Waals surface area contributed by atoms with Gasteiger partial charge in [-0.3, -0.25) is 0 Å². The van der Waals surface area contributed by atoms with Crippen LogP contribution >= 0.6 is 15.9 Å². The number of hydrogen-bond acceptors (Lipinski definition) is 2. The van der Waals surface area contributed by atoms with Gasteiger partial charge in [0.05, 0.1) is 17.3 Å². The summed E-state index contributed by atoms with van der Waals surface area (Å²) in [5.74, 6) is 0.157. The van der Waals surface area contributed by atoms with Gasteiger partial charge in [0.15, 0.2) is 0 Å². The lowest BCUT2D eigenvalue weighted by atomic mass is 10.0. The Morgan fingerprint density at radius 2 is 1.94 bits per heavy atom. The Morgan fingerprint density at radius 1 is 1.25 bits per heavy atom. The van der Waals surface area contributed by atoms with Crippen LogP contribution in [0.2, 0.25) is 0 Å². The van der Waals surface area contributed by atoms with Crippen molar-refractivity contribution < 1.29 is 5.11 Å². The summed E-state index contributed by atoms with van der Waals surface area (Å²) < 4.78 is 0.868. The molecule has 1 aromatic carbocycles. The number of halogens is 1. The van der Waals surface area contributed by atoms with Crippen LogP contribution in [0.5, 0.6) is 0 Å². The van der Waals surface area contributed by atoms with E-state index in [9.17, 15) is 5.11 Å². The van der Waals surface area contributed by atoms with Gasteiger partial charge in [-0.2, -0.15) is 0 Å². The molecule has 0 spiro atoms. The van der Waals surface area contributed by atoms with Crippen LogP contribution in [0, 0.1) is 5.92 Å². The zero-order valence-corrected chi connectivity index (χ0v) is 10.9. The van der Waals surface area contributed by atoms with Crippen LogP contribution in [-0.2, 0) is 0 Å². The SMILES string of the molecule is CC(C)C(O)c1nc2ccccc2cc1Br. The smallest absolute Gasteiger partial charge is 0.0994 e. The highest BCUT2D eigenvalue weighted by atomic mass is 79.9. The van der Waals surface area contributed by atoms with Crippen molar-refractivity contribution in [3.8, 4) is 0 Å². The summed E-state index contributed by atoms with van der Waals surface area (Å²) in [5, 5.41) is 11.1. The van der Waals surface area contributed by atoms with Gasteiger partial charge >= 0.3 is 0 Å². The molecule has 2 aromatic rings. The third-order valence-electron chi connectivity index (χ3n) is 2.62. The van der Waals surface area contributed by atoms with Crippen molar-refractivity contribution in [1.82, 2.24) is 4.98 Å². The van der Waals surface area contributed by atoms with Gasteiger partial charge in [0.1, 0.15) is 0 Å². The number of hydrogen-bond donors (Lipinski definition) is 1. The molecule has 0 bridgehead atoms. The molecule has 84 valence electrons. The first-order chi connectivity index (χ1) is 7.59. The van der Waals surface area contributed by atoms with Gasteiger partial charge in [0, 0.05) is 9.86 Å². The maximum atomic E-state index is 10.0. The average molecular weight is 280 g/mol. The van der Waals surface area contributed by atoms with Crippen LogP contribution in [0.4, 0.5) is 0 Å². The molecule has 3 heteroatoms. The molecule has 1 N–H and O–H groups in total. The Labute approximate surface area is 103 Å². The van der Waals surface area contributed by atoms with Gasteiger partial charge in [0.2, 0.25) is 0 Å². The number of para-hydroxylation sites is 1.